The lowest BCUT2D eigenvalue weighted by atomic mass is 10.4. The van der Waals surface area contributed by atoms with Crippen LogP contribution in [0.1, 0.15) is 24.3 Å². The van der Waals surface area contributed by atoms with Crippen molar-refractivity contribution in [1.29, 1.82) is 0 Å². The van der Waals surface area contributed by atoms with Crippen LogP contribution in [0.3, 0.4) is 0 Å². The Morgan fingerprint density at radius 1 is 1.62 bits per heavy atom. The van der Waals surface area contributed by atoms with Crippen molar-refractivity contribution in [2.24, 2.45) is 5.92 Å². The highest BCUT2D eigenvalue weighted by atomic mass is 16.5. The number of hydrogen-bond donors (Lipinski definition) is 2. The maximum Gasteiger partial charge on any atom is 0.234 e. The number of carbonyl (C=O) groups excluding carboxylic acids is 1. The van der Waals surface area contributed by atoms with Crippen LogP contribution in [0.5, 0.6) is 0 Å². The van der Waals surface area contributed by atoms with E-state index in [0.717, 1.165) is 18.2 Å². The summed E-state index contributed by atoms with van der Waals surface area (Å²) in [6.07, 6.45) is 2.60. The van der Waals surface area contributed by atoms with Crippen molar-refractivity contribution in [3.05, 3.63) is 17.5 Å². The minimum absolute atomic E-state index is 0.00490. The molecule has 5 nitrogen and oxygen atoms in total. The molecule has 0 spiro atoms. The van der Waals surface area contributed by atoms with Crippen LogP contribution >= 0.6 is 0 Å². The first kappa shape index (κ1) is 11.1. The fourth-order valence-corrected chi connectivity index (χ4v) is 1.46. The molecule has 1 aromatic heterocycles. The summed E-state index contributed by atoms with van der Waals surface area (Å²) in [5.74, 6) is 1.48. The van der Waals surface area contributed by atoms with Crippen molar-refractivity contribution in [1.82, 2.24) is 15.8 Å². The normalized spacial score (nSPS) is 15.1. The van der Waals surface area contributed by atoms with Crippen molar-refractivity contribution in [3.63, 3.8) is 0 Å². The number of aryl methyl sites for hydroxylation is 1. The molecule has 1 aromatic rings. The number of amides is 1. The van der Waals surface area contributed by atoms with Crippen LogP contribution in [-0.4, -0.2) is 24.2 Å². The van der Waals surface area contributed by atoms with E-state index in [2.05, 4.69) is 15.8 Å². The molecule has 1 heterocycles. The maximum absolute atomic E-state index is 11.4. The Hall–Kier alpha value is -1.36. The lowest BCUT2D eigenvalue weighted by Crippen LogP contribution is -2.34. The fourth-order valence-electron chi connectivity index (χ4n) is 1.46. The number of aromatic nitrogens is 1. The molecule has 1 aliphatic rings. The van der Waals surface area contributed by atoms with Gasteiger partial charge in [-0.15, -0.1) is 0 Å². The van der Waals surface area contributed by atoms with Crippen molar-refractivity contribution in [2.75, 3.05) is 13.1 Å². The number of nitrogens with one attached hydrogen (secondary N) is 2. The molecule has 16 heavy (non-hydrogen) atoms. The van der Waals surface area contributed by atoms with Crippen LogP contribution in [-0.2, 0) is 11.3 Å². The lowest BCUT2D eigenvalue weighted by Gasteiger charge is -2.03. The van der Waals surface area contributed by atoms with Gasteiger partial charge in [-0.05, 0) is 32.2 Å². The number of rotatable bonds is 6. The third kappa shape index (κ3) is 3.66. The topological polar surface area (TPSA) is 67.2 Å². The van der Waals surface area contributed by atoms with Gasteiger partial charge in [0.25, 0.3) is 0 Å². The zero-order valence-electron chi connectivity index (χ0n) is 9.45. The predicted molar refractivity (Wildman–Crippen MR) is 58.7 cm³/mol. The molecule has 2 rings (SSSR count). The van der Waals surface area contributed by atoms with Crippen LogP contribution in [0.25, 0.3) is 0 Å². The van der Waals surface area contributed by atoms with E-state index < -0.39 is 0 Å². The third-order valence-corrected chi connectivity index (χ3v) is 2.55. The van der Waals surface area contributed by atoms with E-state index in [1.165, 1.54) is 12.8 Å². The predicted octanol–water partition coefficient (Wildman–Crippen LogP) is 0.599. The third-order valence-electron chi connectivity index (χ3n) is 2.55. The van der Waals surface area contributed by atoms with Gasteiger partial charge in [-0.1, -0.05) is 5.16 Å². The van der Waals surface area contributed by atoms with Crippen molar-refractivity contribution in [2.45, 2.75) is 26.3 Å². The number of nitrogens with zero attached hydrogens (tertiary/aromatic N) is 1. The van der Waals surface area contributed by atoms with Crippen molar-refractivity contribution in [3.8, 4) is 0 Å². The lowest BCUT2D eigenvalue weighted by molar-refractivity contribution is -0.120. The molecule has 0 atom stereocenters. The van der Waals surface area contributed by atoms with E-state index in [1.54, 1.807) is 0 Å². The minimum atomic E-state index is -0.00490. The first-order valence-electron chi connectivity index (χ1n) is 5.63. The monoisotopic (exact) mass is 223 g/mol. The standard InChI is InChI=1S/C11H17N3O2/c1-8-4-10(16-14-8)6-13-11(15)7-12-5-9-2-3-9/h4,9,12H,2-3,5-7H2,1H3,(H,13,15). The van der Waals surface area contributed by atoms with Crippen LogP contribution < -0.4 is 10.6 Å². The number of carbonyl (C=O) groups is 1. The van der Waals surface area contributed by atoms with Gasteiger partial charge in [0.1, 0.15) is 0 Å². The summed E-state index contributed by atoms with van der Waals surface area (Å²) in [5, 5.41) is 9.65. The Morgan fingerprint density at radius 3 is 3.06 bits per heavy atom. The summed E-state index contributed by atoms with van der Waals surface area (Å²) in [6, 6.07) is 1.82. The molecule has 1 aliphatic carbocycles. The molecule has 0 aliphatic heterocycles. The van der Waals surface area contributed by atoms with E-state index in [4.69, 9.17) is 4.52 Å². The van der Waals surface area contributed by atoms with Crippen LogP contribution in [0.2, 0.25) is 0 Å². The number of hydrogen-bond acceptors (Lipinski definition) is 4. The highest BCUT2D eigenvalue weighted by Crippen LogP contribution is 2.27. The van der Waals surface area contributed by atoms with Gasteiger partial charge in [-0.25, -0.2) is 0 Å². The molecule has 88 valence electrons. The summed E-state index contributed by atoms with van der Waals surface area (Å²) < 4.78 is 4.98. The van der Waals surface area contributed by atoms with Gasteiger partial charge in [-0.3, -0.25) is 4.79 Å². The molecule has 1 amide bonds. The second-order valence-electron chi connectivity index (χ2n) is 4.29. The zero-order valence-corrected chi connectivity index (χ0v) is 9.45. The molecule has 0 radical (unpaired) electrons. The van der Waals surface area contributed by atoms with Crippen LogP contribution in [0.15, 0.2) is 10.6 Å². The summed E-state index contributed by atoms with van der Waals surface area (Å²) in [7, 11) is 0. The maximum atomic E-state index is 11.4. The molecule has 1 fully saturated rings. The summed E-state index contributed by atoms with van der Waals surface area (Å²) in [4.78, 5) is 11.4. The van der Waals surface area contributed by atoms with Crippen molar-refractivity contribution < 1.29 is 9.32 Å². The quantitative estimate of drug-likeness (QED) is 0.741. The zero-order chi connectivity index (χ0) is 11.4. The van der Waals surface area contributed by atoms with Gasteiger partial charge < -0.3 is 15.2 Å². The molecule has 2 N–H and O–H groups in total. The summed E-state index contributed by atoms with van der Waals surface area (Å²) in [5.41, 5.74) is 0.830. The van der Waals surface area contributed by atoms with E-state index in [9.17, 15) is 4.79 Å². The van der Waals surface area contributed by atoms with E-state index >= 15 is 0 Å². The van der Waals surface area contributed by atoms with Gasteiger partial charge in [0.05, 0.1) is 18.8 Å². The minimum Gasteiger partial charge on any atom is -0.359 e. The van der Waals surface area contributed by atoms with Gasteiger partial charge in [0, 0.05) is 6.07 Å². The van der Waals surface area contributed by atoms with Crippen LogP contribution in [0, 0.1) is 12.8 Å². The fraction of sp³-hybridized carbons (Fsp3) is 0.636. The van der Waals surface area contributed by atoms with Gasteiger partial charge in [-0.2, -0.15) is 0 Å². The van der Waals surface area contributed by atoms with Gasteiger partial charge in [0.2, 0.25) is 5.91 Å². The smallest absolute Gasteiger partial charge is 0.234 e. The SMILES string of the molecule is Cc1cc(CNC(=O)CNCC2CC2)on1. The Morgan fingerprint density at radius 2 is 2.44 bits per heavy atom. The highest BCUT2D eigenvalue weighted by molar-refractivity contribution is 5.77. The molecular weight excluding hydrogens is 206 g/mol. The van der Waals surface area contributed by atoms with E-state index in [-0.39, 0.29) is 5.91 Å². The summed E-state index contributed by atoms with van der Waals surface area (Å²) >= 11 is 0. The highest BCUT2D eigenvalue weighted by Gasteiger charge is 2.20. The van der Waals surface area contributed by atoms with Gasteiger partial charge >= 0.3 is 0 Å². The van der Waals surface area contributed by atoms with E-state index in [1.807, 2.05) is 13.0 Å². The Balaban J connectivity index is 1.59. The average molecular weight is 223 g/mol. The van der Waals surface area contributed by atoms with Crippen LogP contribution in [0.4, 0.5) is 0 Å². The molecule has 1 saturated carbocycles. The molecular formula is C11H17N3O2. The molecule has 0 aromatic carbocycles. The average Bonchev–Trinajstić information content (AvgIpc) is 2.98. The van der Waals surface area contributed by atoms with E-state index in [0.29, 0.717) is 18.8 Å². The second kappa shape index (κ2) is 5.12. The largest absolute Gasteiger partial charge is 0.359 e. The second-order valence-corrected chi connectivity index (χ2v) is 4.29. The Bertz CT molecular complexity index is 358. The molecule has 0 unspecified atom stereocenters. The first-order valence-corrected chi connectivity index (χ1v) is 5.63. The molecule has 0 bridgehead atoms. The van der Waals surface area contributed by atoms with Crippen molar-refractivity contribution >= 4 is 5.91 Å². The Labute approximate surface area is 94.6 Å². The molecule has 5 heteroatoms. The molecule has 0 saturated heterocycles. The first-order chi connectivity index (χ1) is 7.74. The summed E-state index contributed by atoms with van der Waals surface area (Å²) in [6.45, 7) is 3.59. The Kier molecular flexibility index (Phi) is 3.56. The van der Waals surface area contributed by atoms with Gasteiger partial charge in [0.15, 0.2) is 5.76 Å².